The minimum atomic E-state index is -0.161. The molecule has 0 saturated carbocycles. The molecule has 0 aromatic heterocycles. The zero-order valence-electron chi connectivity index (χ0n) is 24.4. The maximum Gasteiger partial charge on any atom is 0.179 e. The van der Waals surface area contributed by atoms with Crippen molar-refractivity contribution < 1.29 is 14.7 Å². The van der Waals surface area contributed by atoms with E-state index in [4.69, 9.17) is 0 Å². The van der Waals surface area contributed by atoms with Gasteiger partial charge >= 0.3 is 0 Å². The van der Waals surface area contributed by atoms with Crippen molar-refractivity contribution in [3.63, 3.8) is 0 Å². The number of hydrogen-bond acceptors (Lipinski definition) is 5. The zero-order chi connectivity index (χ0) is 28.0. The van der Waals surface area contributed by atoms with Crippen molar-refractivity contribution in [2.45, 2.75) is 95.6 Å². The molecule has 0 bridgehead atoms. The first kappa shape index (κ1) is 30.6. The van der Waals surface area contributed by atoms with Gasteiger partial charge in [-0.05, 0) is 76.9 Å². The van der Waals surface area contributed by atoms with Gasteiger partial charge in [0.1, 0.15) is 0 Å². The minimum Gasteiger partial charge on any atom is -0.396 e. The lowest BCUT2D eigenvalue weighted by Crippen LogP contribution is -2.43. The van der Waals surface area contributed by atoms with Crippen LogP contribution < -0.4 is 0 Å². The van der Waals surface area contributed by atoms with Crippen molar-refractivity contribution >= 4 is 11.6 Å². The Balaban J connectivity index is 1.35. The lowest BCUT2D eigenvalue weighted by molar-refractivity contribution is 0.0772. The van der Waals surface area contributed by atoms with E-state index >= 15 is 0 Å². The first-order valence-electron chi connectivity index (χ1n) is 15.9. The second kappa shape index (κ2) is 16.8. The Kier molecular flexibility index (Phi) is 12.9. The molecule has 2 heterocycles. The van der Waals surface area contributed by atoms with Crippen LogP contribution >= 0.6 is 0 Å². The van der Waals surface area contributed by atoms with Crippen molar-refractivity contribution in [1.82, 2.24) is 9.80 Å². The third kappa shape index (κ3) is 9.09. The first-order chi connectivity index (χ1) is 19.7. The van der Waals surface area contributed by atoms with Crippen LogP contribution in [-0.4, -0.2) is 71.3 Å². The van der Waals surface area contributed by atoms with Gasteiger partial charge < -0.3 is 5.11 Å². The van der Waals surface area contributed by atoms with Crippen LogP contribution in [0.4, 0.5) is 0 Å². The fourth-order valence-corrected chi connectivity index (χ4v) is 6.79. The molecule has 5 heteroatoms. The number of rotatable bonds is 14. The molecule has 2 aliphatic heterocycles. The van der Waals surface area contributed by atoms with Crippen molar-refractivity contribution in [3.05, 3.63) is 71.8 Å². The molecular formula is C35H50N2O3. The summed E-state index contributed by atoms with van der Waals surface area (Å²) in [5.74, 6) is 1.05. The Labute approximate surface area is 242 Å². The van der Waals surface area contributed by atoms with Crippen LogP contribution in [0.1, 0.15) is 104 Å². The highest BCUT2D eigenvalue weighted by molar-refractivity contribution is 6.00. The molecule has 2 fully saturated rings. The summed E-state index contributed by atoms with van der Waals surface area (Å²) >= 11 is 0. The quantitative estimate of drug-likeness (QED) is 0.209. The first-order valence-corrected chi connectivity index (χ1v) is 15.9. The second-order valence-electron chi connectivity index (χ2n) is 11.9. The smallest absolute Gasteiger partial charge is 0.179 e. The zero-order valence-corrected chi connectivity index (χ0v) is 24.4. The van der Waals surface area contributed by atoms with Crippen LogP contribution in [-0.2, 0) is 0 Å². The molecule has 3 unspecified atom stereocenters. The Hall–Kier alpha value is -2.34. The summed E-state index contributed by atoms with van der Waals surface area (Å²) in [6, 6.07) is 19.3. The van der Waals surface area contributed by atoms with Gasteiger partial charge in [0.15, 0.2) is 11.6 Å². The summed E-state index contributed by atoms with van der Waals surface area (Å²) < 4.78 is 0. The second-order valence-corrected chi connectivity index (χ2v) is 11.9. The number of Topliss-reactive ketones (excluding diaryl/α,β-unsaturated/α-hetero) is 2. The van der Waals surface area contributed by atoms with E-state index in [2.05, 4.69) is 9.80 Å². The molecule has 0 radical (unpaired) electrons. The molecule has 0 amide bonds. The van der Waals surface area contributed by atoms with Crippen LogP contribution in [0.25, 0.3) is 0 Å². The molecule has 0 aliphatic carbocycles. The van der Waals surface area contributed by atoms with Crippen molar-refractivity contribution in [2.75, 3.05) is 32.8 Å². The Morgan fingerprint density at radius 2 is 1.20 bits per heavy atom. The highest BCUT2D eigenvalue weighted by atomic mass is 16.3. The third-order valence-electron chi connectivity index (χ3n) is 9.02. The maximum absolute atomic E-state index is 13.6. The fraction of sp³-hybridized carbons (Fsp3) is 0.600. The molecule has 0 spiro atoms. The number of aliphatic hydroxyl groups is 1. The van der Waals surface area contributed by atoms with E-state index in [9.17, 15) is 14.7 Å². The van der Waals surface area contributed by atoms with Gasteiger partial charge in [-0.15, -0.1) is 0 Å². The number of carbonyl (C=O) groups excluding carboxylic acids is 2. The lowest BCUT2D eigenvalue weighted by atomic mass is 9.92. The summed E-state index contributed by atoms with van der Waals surface area (Å²) in [4.78, 5) is 32.0. The summed E-state index contributed by atoms with van der Waals surface area (Å²) in [5.41, 5.74) is 1.61. The molecule has 2 aliphatic rings. The topological polar surface area (TPSA) is 60.9 Å². The molecular weight excluding hydrogens is 496 g/mol. The summed E-state index contributed by atoms with van der Waals surface area (Å²) in [6.07, 6.45) is 14.1. The Morgan fingerprint density at radius 1 is 0.675 bits per heavy atom. The number of carbonyl (C=O) groups is 2. The molecule has 1 N–H and O–H groups in total. The SMILES string of the molecule is O=C(c1ccccc1)C(CCCCC1CCCCN(C(CCCO)C(=O)c2ccccc2)C1)N1CCCCCC1. The van der Waals surface area contributed by atoms with Gasteiger partial charge in [-0.25, -0.2) is 0 Å². The van der Waals surface area contributed by atoms with E-state index in [0.717, 1.165) is 69.4 Å². The van der Waals surface area contributed by atoms with Crippen LogP contribution in [0.5, 0.6) is 0 Å². The highest BCUT2D eigenvalue weighted by Crippen LogP contribution is 2.27. The molecule has 3 atom stereocenters. The Bertz CT molecular complexity index is 1000. The van der Waals surface area contributed by atoms with Crippen molar-refractivity contribution in [3.8, 4) is 0 Å². The molecule has 2 aromatic carbocycles. The van der Waals surface area contributed by atoms with E-state index in [0.29, 0.717) is 18.8 Å². The lowest BCUT2D eigenvalue weighted by Gasteiger charge is -2.32. The standard InChI is InChI=1S/C35H50N2O3/c38-27-15-23-33(35(40)31-20-7-4-8-21-31)37-26-14-11-17-29(28-37)16-9-10-22-32(36-24-12-1-2-13-25-36)34(39)30-18-5-3-6-19-30/h3-8,18-21,29,32-33,38H,1-2,9-17,22-28H2. The molecule has 40 heavy (non-hydrogen) atoms. The number of nitrogens with zero attached hydrogens (tertiary/aromatic N) is 2. The maximum atomic E-state index is 13.6. The van der Waals surface area contributed by atoms with Crippen LogP contribution in [0.3, 0.4) is 0 Å². The van der Waals surface area contributed by atoms with E-state index in [1.54, 1.807) is 0 Å². The normalized spacial score (nSPS) is 20.8. The van der Waals surface area contributed by atoms with Gasteiger partial charge in [-0.1, -0.05) is 92.8 Å². The summed E-state index contributed by atoms with van der Waals surface area (Å²) in [7, 11) is 0. The monoisotopic (exact) mass is 546 g/mol. The predicted octanol–water partition coefficient (Wildman–Crippen LogP) is 6.80. The minimum absolute atomic E-state index is 0.0162. The molecule has 2 saturated heterocycles. The Morgan fingerprint density at radius 3 is 1.80 bits per heavy atom. The van der Waals surface area contributed by atoms with Gasteiger partial charge in [0.25, 0.3) is 0 Å². The number of unbranched alkanes of at least 4 members (excludes halogenated alkanes) is 1. The van der Waals surface area contributed by atoms with Crippen molar-refractivity contribution in [1.29, 1.82) is 0 Å². The number of likely N-dealkylation sites (tertiary alicyclic amines) is 2. The van der Waals surface area contributed by atoms with Gasteiger partial charge in [-0.2, -0.15) is 0 Å². The largest absolute Gasteiger partial charge is 0.396 e. The summed E-state index contributed by atoms with van der Waals surface area (Å²) in [5, 5.41) is 9.53. The van der Waals surface area contributed by atoms with Crippen LogP contribution in [0.15, 0.2) is 60.7 Å². The van der Waals surface area contributed by atoms with E-state index < -0.39 is 0 Å². The van der Waals surface area contributed by atoms with Crippen molar-refractivity contribution in [2.24, 2.45) is 5.92 Å². The summed E-state index contributed by atoms with van der Waals surface area (Å²) in [6.45, 7) is 4.09. The third-order valence-corrected chi connectivity index (χ3v) is 9.02. The van der Waals surface area contributed by atoms with Gasteiger partial charge in [0, 0.05) is 24.3 Å². The van der Waals surface area contributed by atoms with E-state index in [1.807, 2.05) is 60.7 Å². The molecule has 5 nitrogen and oxygen atoms in total. The number of benzene rings is 2. The molecule has 218 valence electrons. The van der Waals surface area contributed by atoms with Crippen LogP contribution in [0, 0.1) is 5.92 Å². The fourth-order valence-electron chi connectivity index (χ4n) is 6.79. The van der Waals surface area contributed by atoms with Gasteiger partial charge in [0.05, 0.1) is 12.1 Å². The average molecular weight is 547 g/mol. The number of ketones is 2. The number of hydrogen-bond donors (Lipinski definition) is 1. The molecule has 2 aromatic rings. The van der Waals surface area contributed by atoms with E-state index in [-0.39, 0.29) is 30.3 Å². The van der Waals surface area contributed by atoms with Gasteiger partial charge in [0.2, 0.25) is 0 Å². The number of aliphatic hydroxyl groups excluding tert-OH is 1. The molecule has 4 rings (SSSR count). The highest BCUT2D eigenvalue weighted by Gasteiger charge is 2.30. The van der Waals surface area contributed by atoms with E-state index in [1.165, 1.54) is 38.5 Å². The predicted molar refractivity (Wildman–Crippen MR) is 163 cm³/mol. The average Bonchev–Trinajstić information content (AvgIpc) is 3.41. The van der Waals surface area contributed by atoms with Crippen LogP contribution in [0.2, 0.25) is 0 Å². The van der Waals surface area contributed by atoms with Gasteiger partial charge in [-0.3, -0.25) is 19.4 Å².